The van der Waals surface area contributed by atoms with Crippen molar-refractivity contribution in [3.8, 4) is 22.3 Å². The number of benzene rings is 7. The summed E-state index contributed by atoms with van der Waals surface area (Å²) in [6.07, 6.45) is 0. The van der Waals surface area contributed by atoms with Gasteiger partial charge in [-0.25, -0.2) is 0 Å². The largest absolute Gasteiger partial charge is 0.0616 e. The Labute approximate surface area is 234 Å². The van der Waals surface area contributed by atoms with Gasteiger partial charge in [0.25, 0.3) is 0 Å². The first kappa shape index (κ1) is 22.4. The third-order valence-corrected chi connectivity index (χ3v) is 10.2. The van der Waals surface area contributed by atoms with Gasteiger partial charge in [0, 0.05) is 10.8 Å². The highest BCUT2D eigenvalue weighted by Gasteiger charge is 2.37. The van der Waals surface area contributed by atoms with Gasteiger partial charge in [-0.3, -0.25) is 0 Å². The fraction of sp³-hybridized carbons (Fsp3) is 0.150. The van der Waals surface area contributed by atoms with Crippen LogP contribution in [-0.2, 0) is 10.8 Å². The molecule has 7 aromatic rings. The average molecular weight is 511 g/mol. The zero-order chi connectivity index (χ0) is 27.0. The predicted octanol–water partition coefficient (Wildman–Crippen LogP) is 10.9. The Hall–Kier alpha value is -4.42. The Bertz CT molecular complexity index is 2230. The molecule has 0 aliphatic heterocycles. The van der Waals surface area contributed by atoms with E-state index in [0.717, 1.165) is 0 Å². The molecular weight excluding hydrogens is 480 g/mol. The first-order valence-electron chi connectivity index (χ1n) is 14.5. The highest BCUT2D eigenvalue weighted by molar-refractivity contribution is 6.27. The van der Waals surface area contributed by atoms with Crippen LogP contribution >= 0.6 is 0 Å². The number of hydrogen-bond acceptors (Lipinski definition) is 0. The van der Waals surface area contributed by atoms with E-state index in [1.165, 1.54) is 87.6 Å². The molecule has 0 radical (unpaired) electrons. The van der Waals surface area contributed by atoms with E-state index in [1.54, 1.807) is 0 Å². The molecule has 0 aromatic heterocycles. The summed E-state index contributed by atoms with van der Waals surface area (Å²) < 4.78 is 0. The zero-order valence-corrected chi connectivity index (χ0v) is 23.4. The third-order valence-electron chi connectivity index (χ3n) is 10.2. The van der Waals surface area contributed by atoms with Gasteiger partial charge < -0.3 is 0 Å². The van der Waals surface area contributed by atoms with Crippen LogP contribution in [-0.4, -0.2) is 0 Å². The van der Waals surface area contributed by atoms with Crippen LogP contribution in [0.2, 0.25) is 0 Å². The van der Waals surface area contributed by atoms with Crippen LogP contribution in [0, 0.1) is 0 Å². The second kappa shape index (κ2) is 7.20. The van der Waals surface area contributed by atoms with E-state index < -0.39 is 0 Å². The molecule has 0 saturated heterocycles. The van der Waals surface area contributed by atoms with Crippen LogP contribution < -0.4 is 0 Å². The Morgan fingerprint density at radius 2 is 1.07 bits per heavy atom. The van der Waals surface area contributed by atoms with Gasteiger partial charge in [-0.1, -0.05) is 125 Å². The van der Waals surface area contributed by atoms with E-state index in [9.17, 15) is 0 Å². The van der Waals surface area contributed by atoms with Crippen molar-refractivity contribution in [1.82, 2.24) is 0 Å². The van der Waals surface area contributed by atoms with Gasteiger partial charge in [0.1, 0.15) is 0 Å². The lowest BCUT2D eigenvalue weighted by Gasteiger charge is -2.34. The minimum atomic E-state index is -0.0557. The SMILES string of the molecule is CC1(C)c2cc(-c3cc4cccc5c4c4c3ccc3cccc(c34)C5(C)C)ccc2-c2c1ccc1ccccc21. The summed E-state index contributed by atoms with van der Waals surface area (Å²) >= 11 is 0. The molecule has 0 bridgehead atoms. The maximum atomic E-state index is 2.49. The van der Waals surface area contributed by atoms with E-state index in [4.69, 9.17) is 0 Å². The maximum Gasteiger partial charge on any atom is 0.0159 e. The highest BCUT2D eigenvalue weighted by Crippen LogP contribution is 2.54. The van der Waals surface area contributed by atoms with E-state index in [-0.39, 0.29) is 10.8 Å². The second-order valence-corrected chi connectivity index (χ2v) is 12.9. The summed E-state index contributed by atoms with van der Waals surface area (Å²) in [7, 11) is 0. The van der Waals surface area contributed by atoms with Crippen LogP contribution in [0.15, 0.2) is 109 Å². The molecule has 0 saturated carbocycles. The number of rotatable bonds is 1. The summed E-state index contributed by atoms with van der Waals surface area (Å²) in [6.45, 7) is 9.55. The predicted molar refractivity (Wildman–Crippen MR) is 172 cm³/mol. The van der Waals surface area contributed by atoms with E-state index in [2.05, 4.69) is 137 Å². The molecule has 40 heavy (non-hydrogen) atoms. The fourth-order valence-electron chi connectivity index (χ4n) is 8.17. The van der Waals surface area contributed by atoms with Gasteiger partial charge in [-0.2, -0.15) is 0 Å². The molecule has 0 spiro atoms. The van der Waals surface area contributed by atoms with E-state index >= 15 is 0 Å². The van der Waals surface area contributed by atoms with Gasteiger partial charge in [0.05, 0.1) is 0 Å². The first-order valence-corrected chi connectivity index (χ1v) is 14.5. The lowest BCUT2D eigenvalue weighted by Crippen LogP contribution is -2.22. The molecule has 0 unspecified atom stereocenters. The lowest BCUT2D eigenvalue weighted by molar-refractivity contribution is 0.652. The average Bonchev–Trinajstić information content (AvgIpc) is 3.21. The topological polar surface area (TPSA) is 0 Å². The van der Waals surface area contributed by atoms with Gasteiger partial charge in [-0.05, 0) is 99.7 Å². The number of fused-ring (bicyclic) bond motifs is 5. The van der Waals surface area contributed by atoms with Crippen molar-refractivity contribution < 1.29 is 0 Å². The fourth-order valence-corrected chi connectivity index (χ4v) is 8.17. The minimum absolute atomic E-state index is 0.0338. The van der Waals surface area contributed by atoms with Crippen LogP contribution in [0.1, 0.15) is 49.9 Å². The molecule has 0 heteroatoms. The third kappa shape index (κ3) is 2.58. The molecule has 0 N–H and O–H groups in total. The van der Waals surface area contributed by atoms with Crippen LogP contribution in [0.25, 0.3) is 65.3 Å². The van der Waals surface area contributed by atoms with Gasteiger partial charge in [0.2, 0.25) is 0 Å². The lowest BCUT2D eigenvalue weighted by atomic mass is 9.69. The van der Waals surface area contributed by atoms with Crippen molar-refractivity contribution in [2.75, 3.05) is 0 Å². The van der Waals surface area contributed by atoms with Crippen LogP contribution in [0.4, 0.5) is 0 Å². The molecule has 0 atom stereocenters. The number of hydrogen-bond donors (Lipinski definition) is 0. The van der Waals surface area contributed by atoms with Crippen molar-refractivity contribution in [3.63, 3.8) is 0 Å². The van der Waals surface area contributed by atoms with Crippen molar-refractivity contribution >= 4 is 43.1 Å². The van der Waals surface area contributed by atoms with Gasteiger partial charge in [-0.15, -0.1) is 0 Å². The van der Waals surface area contributed by atoms with Crippen LogP contribution in [0.5, 0.6) is 0 Å². The Morgan fingerprint density at radius 1 is 0.400 bits per heavy atom. The van der Waals surface area contributed by atoms with Gasteiger partial charge in [0.15, 0.2) is 0 Å². The molecule has 190 valence electrons. The molecule has 2 aliphatic carbocycles. The molecule has 0 amide bonds. The van der Waals surface area contributed by atoms with E-state index in [1.807, 2.05) is 0 Å². The smallest absolute Gasteiger partial charge is 0.0159 e. The molecule has 2 aliphatic rings. The Morgan fingerprint density at radius 3 is 1.90 bits per heavy atom. The second-order valence-electron chi connectivity index (χ2n) is 12.9. The quantitative estimate of drug-likeness (QED) is 0.193. The molecule has 0 fully saturated rings. The van der Waals surface area contributed by atoms with Crippen molar-refractivity contribution in [1.29, 1.82) is 0 Å². The highest BCUT2D eigenvalue weighted by atomic mass is 14.4. The molecule has 7 aromatic carbocycles. The monoisotopic (exact) mass is 510 g/mol. The normalized spacial score (nSPS) is 15.9. The first-order chi connectivity index (χ1) is 19.4. The van der Waals surface area contributed by atoms with Crippen LogP contribution in [0.3, 0.4) is 0 Å². The molecule has 9 rings (SSSR count). The maximum absolute atomic E-state index is 2.49. The molecule has 0 heterocycles. The molecule has 0 nitrogen and oxygen atoms in total. The summed E-state index contributed by atoms with van der Waals surface area (Å²) in [6, 6.07) is 41.6. The zero-order valence-electron chi connectivity index (χ0n) is 23.4. The standard InChI is InChI=1S/C40H30/c1-39(2)31-13-7-10-24-15-18-28-30(21-26-11-8-14-32(39)36(26)38(28)35(24)31)25-16-19-29-34(22-25)40(3,4)33-20-17-23-9-5-6-12-27(23)37(29)33/h5-22H,1-4H3. The summed E-state index contributed by atoms with van der Waals surface area (Å²) in [5, 5.41) is 11.0. The van der Waals surface area contributed by atoms with Gasteiger partial charge >= 0.3 is 0 Å². The van der Waals surface area contributed by atoms with Crippen molar-refractivity contribution in [2.45, 2.75) is 38.5 Å². The van der Waals surface area contributed by atoms with E-state index in [0.29, 0.717) is 0 Å². The van der Waals surface area contributed by atoms with Crippen molar-refractivity contribution in [3.05, 3.63) is 131 Å². The Kier molecular flexibility index (Phi) is 4.03. The summed E-state index contributed by atoms with van der Waals surface area (Å²) in [5.74, 6) is 0. The summed E-state index contributed by atoms with van der Waals surface area (Å²) in [4.78, 5) is 0. The molecular formula is C40H30. The Balaban J connectivity index is 1.38. The minimum Gasteiger partial charge on any atom is -0.0616 e. The summed E-state index contributed by atoms with van der Waals surface area (Å²) in [5.41, 5.74) is 11.1. The van der Waals surface area contributed by atoms with Crippen molar-refractivity contribution in [2.24, 2.45) is 0 Å².